The van der Waals surface area contributed by atoms with Crippen molar-refractivity contribution in [2.45, 2.75) is 19.8 Å². The lowest BCUT2D eigenvalue weighted by molar-refractivity contribution is 0.0633. The number of carbonyl (C=O) groups excluding carboxylic acids is 1. The molecular formula is C23H24N2O3. The summed E-state index contributed by atoms with van der Waals surface area (Å²) in [5, 5.41) is 4.06. The number of likely N-dealkylation sites (tertiary alicyclic amines) is 1. The second kappa shape index (κ2) is 8.30. The summed E-state index contributed by atoms with van der Waals surface area (Å²) in [6.07, 6.45) is 3.49. The molecule has 1 aliphatic heterocycles. The number of amides is 1. The molecule has 1 atom stereocenters. The fourth-order valence-corrected chi connectivity index (χ4v) is 3.60. The van der Waals surface area contributed by atoms with Gasteiger partial charge in [-0.25, -0.2) is 0 Å². The third kappa shape index (κ3) is 4.09. The van der Waals surface area contributed by atoms with Gasteiger partial charge in [0.15, 0.2) is 0 Å². The number of benzene rings is 2. The first kappa shape index (κ1) is 18.3. The minimum Gasteiger partial charge on any atom is -0.493 e. The van der Waals surface area contributed by atoms with Crippen LogP contribution in [-0.2, 0) is 0 Å². The normalized spacial score (nSPS) is 16.8. The van der Waals surface area contributed by atoms with E-state index in [1.165, 1.54) is 11.8 Å². The number of carbonyl (C=O) groups is 1. The molecule has 0 N–H and O–H groups in total. The monoisotopic (exact) mass is 376 g/mol. The van der Waals surface area contributed by atoms with Crippen molar-refractivity contribution < 1.29 is 14.1 Å². The van der Waals surface area contributed by atoms with E-state index in [2.05, 4.69) is 12.1 Å². The first-order valence-corrected chi connectivity index (χ1v) is 9.69. The Bertz CT molecular complexity index is 919. The summed E-state index contributed by atoms with van der Waals surface area (Å²) in [6, 6.07) is 17.7. The van der Waals surface area contributed by atoms with E-state index in [1.54, 1.807) is 0 Å². The van der Waals surface area contributed by atoms with Crippen molar-refractivity contribution >= 4 is 5.91 Å². The molecule has 0 aliphatic carbocycles. The van der Waals surface area contributed by atoms with Crippen LogP contribution in [-0.4, -0.2) is 35.7 Å². The van der Waals surface area contributed by atoms with Crippen LogP contribution in [0.2, 0.25) is 0 Å². The fourth-order valence-electron chi connectivity index (χ4n) is 3.60. The van der Waals surface area contributed by atoms with E-state index in [4.69, 9.17) is 9.26 Å². The van der Waals surface area contributed by atoms with E-state index in [-0.39, 0.29) is 5.91 Å². The standard InChI is InChI=1S/C23H24N2O3/c1-17-9-11-20(12-10-17)27-15-18-6-5-13-25(14-18)23(26)21-16-28-24-22(21)19-7-3-2-4-8-19/h2-4,7-12,16,18H,5-6,13-15H2,1H3. The van der Waals surface area contributed by atoms with Crippen LogP contribution in [0.3, 0.4) is 0 Å². The number of hydrogen-bond donors (Lipinski definition) is 0. The molecule has 1 amide bonds. The number of aromatic nitrogens is 1. The van der Waals surface area contributed by atoms with Crippen molar-refractivity contribution in [1.82, 2.24) is 10.1 Å². The molecule has 1 saturated heterocycles. The quantitative estimate of drug-likeness (QED) is 0.654. The lowest BCUT2D eigenvalue weighted by atomic mass is 9.98. The van der Waals surface area contributed by atoms with Crippen LogP contribution < -0.4 is 4.74 Å². The van der Waals surface area contributed by atoms with Gasteiger partial charge in [0.25, 0.3) is 5.91 Å². The summed E-state index contributed by atoms with van der Waals surface area (Å²) in [6.45, 7) is 4.11. The van der Waals surface area contributed by atoms with Crippen LogP contribution in [0.4, 0.5) is 0 Å². The molecule has 5 heteroatoms. The third-order valence-corrected chi connectivity index (χ3v) is 5.16. The predicted octanol–water partition coefficient (Wildman–Crippen LogP) is 4.58. The maximum absolute atomic E-state index is 13.1. The zero-order chi connectivity index (χ0) is 19.3. The van der Waals surface area contributed by atoms with Crippen LogP contribution in [0.5, 0.6) is 5.75 Å². The Hall–Kier alpha value is -3.08. The molecule has 0 radical (unpaired) electrons. The van der Waals surface area contributed by atoms with Gasteiger partial charge in [0.05, 0.1) is 6.61 Å². The smallest absolute Gasteiger partial charge is 0.259 e. The van der Waals surface area contributed by atoms with Crippen LogP contribution in [0, 0.1) is 12.8 Å². The summed E-state index contributed by atoms with van der Waals surface area (Å²) in [5.74, 6) is 1.17. The molecule has 1 aromatic heterocycles. The van der Waals surface area contributed by atoms with Gasteiger partial charge in [0.2, 0.25) is 0 Å². The lowest BCUT2D eigenvalue weighted by Crippen LogP contribution is -2.41. The van der Waals surface area contributed by atoms with E-state index in [9.17, 15) is 4.79 Å². The third-order valence-electron chi connectivity index (χ3n) is 5.16. The molecule has 1 aliphatic rings. The molecule has 144 valence electrons. The van der Waals surface area contributed by atoms with Crippen LogP contribution >= 0.6 is 0 Å². The second-order valence-corrected chi connectivity index (χ2v) is 7.33. The molecular weight excluding hydrogens is 352 g/mol. The molecule has 3 aromatic rings. The highest BCUT2D eigenvalue weighted by atomic mass is 16.5. The van der Waals surface area contributed by atoms with Gasteiger partial charge < -0.3 is 14.2 Å². The molecule has 1 fully saturated rings. The molecule has 0 saturated carbocycles. The van der Waals surface area contributed by atoms with E-state index >= 15 is 0 Å². The highest BCUT2D eigenvalue weighted by molar-refractivity contribution is 5.99. The first-order chi connectivity index (χ1) is 13.7. The number of hydrogen-bond acceptors (Lipinski definition) is 4. The Balaban J connectivity index is 1.41. The number of piperidine rings is 1. The van der Waals surface area contributed by atoms with Gasteiger partial charge in [-0.05, 0) is 31.9 Å². The SMILES string of the molecule is Cc1ccc(OCC2CCCN(C(=O)c3conc3-c3ccccc3)C2)cc1. The van der Waals surface area contributed by atoms with Crippen molar-refractivity contribution in [2.75, 3.05) is 19.7 Å². The van der Waals surface area contributed by atoms with Crippen molar-refractivity contribution in [3.8, 4) is 17.0 Å². The zero-order valence-electron chi connectivity index (χ0n) is 16.0. The maximum Gasteiger partial charge on any atom is 0.259 e. The first-order valence-electron chi connectivity index (χ1n) is 9.69. The van der Waals surface area contributed by atoms with Crippen molar-refractivity contribution in [3.63, 3.8) is 0 Å². The number of ether oxygens (including phenoxy) is 1. The number of nitrogens with zero attached hydrogens (tertiary/aromatic N) is 2. The van der Waals surface area contributed by atoms with E-state index < -0.39 is 0 Å². The van der Waals surface area contributed by atoms with Crippen LogP contribution in [0.15, 0.2) is 65.4 Å². The van der Waals surface area contributed by atoms with Crippen molar-refractivity contribution in [1.29, 1.82) is 0 Å². The lowest BCUT2D eigenvalue weighted by Gasteiger charge is -2.32. The van der Waals surface area contributed by atoms with Gasteiger partial charge in [0.1, 0.15) is 23.3 Å². The van der Waals surface area contributed by atoms with Crippen LogP contribution in [0.25, 0.3) is 11.3 Å². The average molecular weight is 376 g/mol. The predicted molar refractivity (Wildman–Crippen MR) is 107 cm³/mol. The topological polar surface area (TPSA) is 55.6 Å². The largest absolute Gasteiger partial charge is 0.493 e. The summed E-state index contributed by atoms with van der Waals surface area (Å²) in [7, 11) is 0. The van der Waals surface area contributed by atoms with Gasteiger partial charge in [-0.1, -0.05) is 53.2 Å². The molecule has 0 spiro atoms. The van der Waals surface area contributed by atoms with Gasteiger partial charge in [-0.15, -0.1) is 0 Å². The highest BCUT2D eigenvalue weighted by Gasteiger charge is 2.28. The summed E-state index contributed by atoms with van der Waals surface area (Å²) < 4.78 is 11.1. The molecule has 2 aromatic carbocycles. The van der Waals surface area contributed by atoms with Gasteiger partial charge in [0, 0.05) is 24.6 Å². The number of aryl methyl sites for hydroxylation is 1. The minimum atomic E-state index is -0.0276. The Labute approximate surface area is 164 Å². The zero-order valence-corrected chi connectivity index (χ0v) is 16.0. The van der Waals surface area contributed by atoms with E-state index in [1.807, 2.05) is 59.5 Å². The number of rotatable bonds is 5. The average Bonchev–Trinajstić information content (AvgIpc) is 3.23. The molecule has 0 bridgehead atoms. The molecule has 5 nitrogen and oxygen atoms in total. The van der Waals surface area contributed by atoms with Crippen LogP contribution in [0.1, 0.15) is 28.8 Å². The molecule has 4 rings (SSSR count). The molecule has 28 heavy (non-hydrogen) atoms. The summed E-state index contributed by atoms with van der Waals surface area (Å²) in [5.41, 5.74) is 3.22. The van der Waals surface area contributed by atoms with Gasteiger partial charge >= 0.3 is 0 Å². The van der Waals surface area contributed by atoms with Crippen molar-refractivity contribution in [3.05, 3.63) is 72.0 Å². The Morgan fingerprint density at radius 2 is 1.96 bits per heavy atom. The highest BCUT2D eigenvalue weighted by Crippen LogP contribution is 2.26. The van der Waals surface area contributed by atoms with Gasteiger partial charge in [-0.2, -0.15) is 0 Å². The maximum atomic E-state index is 13.1. The Morgan fingerprint density at radius 3 is 2.75 bits per heavy atom. The molecule has 1 unspecified atom stereocenters. The van der Waals surface area contributed by atoms with E-state index in [0.717, 1.165) is 30.7 Å². The second-order valence-electron chi connectivity index (χ2n) is 7.33. The summed E-state index contributed by atoms with van der Waals surface area (Å²) in [4.78, 5) is 15.0. The fraction of sp³-hybridized carbons (Fsp3) is 0.304. The Kier molecular flexibility index (Phi) is 5.42. The van der Waals surface area contributed by atoms with E-state index in [0.29, 0.717) is 30.3 Å². The van der Waals surface area contributed by atoms with Gasteiger partial charge in [-0.3, -0.25) is 4.79 Å². The van der Waals surface area contributed by atoms with Crippen molar-refractivity contribution in [2.24, 2.45) is 5.92 Å². The summed E-state index contributed by atoms with van der Waals surface area (Å²) >= 11 is 0. The minimum absolute atomic E-state index is 0.0276. The Morgan fingerprint density at radius 1 is 1.18 bits per heavy atom. The molecule has 2 heterocycles.